The number of fused-ring (bicyclic) bond motifs is 1. The molecule has 9 nitrogen and oxygen atoms in total. The first-order valence-corrected chi connectivity index (χ1v) is 11.7. The fourth-order valence-corrected chi connectivity index (χ4v) is 5.09. The van der Waals surface area contributed by atoms with E-state index in [2.05, 4.69) is 10.2 Å². The molecule has 3 aromatic rings. The second-order valence-electron chi connectivity index (χ2n) is 8.34. The van der Waals surface area contributed by atoms with Gasteiger partial charge in [-0.25, -0.2) is 4.79 Å². The number of aryl methyl sites for hydroxylation is 1. The van der Waals surface area contributed by atoms with Gasteiger partial charge in [-0.2, -0.15) is 0 Å². The Morgan fingerprint density at radius 2 is 1.86 bits per heavy atom. The Morgan fingerprint density at radius 3 is 2.51 bits per heavy atom. The molecule has 2 aromatic carbocycles. The van der Waals surface area contributed by atoms with Gasteiger partial charge in [0.1, 0.15) is 22.6 Å². The van der Waals surface area contributed by atoms with Gasteiger partial charge in [-0.1, -0.05) is 23.5 Å². The Hall–Kier alpha value is -4.05. The third-order valence-corrected chi connectivity index (χ3v) is 6.82. The summed E-state index contributed by atoms with van der Waals surface area (Å²) in [7, 11) is 1.28. The number of ketones is 1. The van der Waals surface area contributed by atoms with Crippen LogP contribution in [0.15, 0.2) is 48.0 Å². The number of carbonyl (C=O) groups excluding carboxylic acids is 3. The first kappa shape index (κ1) is 22.7. The van der Waals surface area contributed by atoms with Crippen LogP contribution in [0.25, 0.3) is 5.76 Å². The zero-order valence-corrected chi connectivity index (χ0v) is 20.0. The van der Waals surface area contributed by atoms with Crippen LogP contribution in [-0.4, -0.2) is 46.2 Å². The molecule has 0 saturated carbocycles. The Bertz CT molecular complexity index is 1390. The molecule has 1 aromatic heterocycles. The van der Waals surface area contributed by atoms with E-state index in [-0.39, 0.29) is 22.6 Å². The van der Waals surface area contributed by atoms with E-state index in [4.69, 9.17) is 9.47 Å². The van der Waals surface area contributed by atoms with Gasteiger partial charge in [-0.15, -0.1) is 10.2 Å². The van der Waals surface area contributed by atoms with Gasteiger partial charge >= 0.3 is 11.9 Å². The van der Waals surface area contributed by atoms with Crippen LogP contribution in [0.2, 0.25) is 0 Å². The highest BCUT2D eigenvalue weighted by Gasteiger charge is 2.48. The maximum atomic E-state index is 13.3. The van der Waals surface area contributed by atoms with Gasteiger partial charge in [0.05, 0.1) is 24.3 Å². The third-order valence-electron chi connectivity index (χ3n) is 5.98. The minimum absolute atomic E-state index is 0.0157. The van der Waals surface area contributed by atoms with Crippen LogP contribution >= 0.6 is 11.3 Å². The summed E-state index contributed by atoms with van der Waals surface area (Å²) in [5, 5.41) is 20.2. The van der Waals surface area contributed by atoms with E-state index < -0.39 is 23.7 Å². The van der Waals surface area contributed by atoms with Gasteiger partial charge in [0, 0.05) is 12.0 Å². The Labute approximate surface area is 204 Å². The van der Waals surface area contributed by atoms with Crippen molar-refractivity contribution in [2.75, 3.05) is 12.0 Å². The van der Waals surface area contributed by atoms with E-state index >= 15 is 0 Å². The molecule has 0 bridgehead atoms. The van der Waals surface area contributed by atoms with Gasteiger partial charge in [0.2, 0.25) is 5.13 Å². The van der Waals surface area contributed by atoms with Crippen LogP contribution in [0.4, 0.5) is 5.13 Å². The van der Waals surface area contributed by atoms with Crippen LogP contribution in [0, 0.1) is 6.92 Å². The van der Waals surface area contributed by atoms with Crippen molar-refractivity contribution >= 4 is 39.9 Å². The molecule has 35 heavy (non-hydrogen) atoms. The van der Waals surface area contributed by atoms with Crippen molar-refractivity contribution in [3.63, 3.8) is 0 Å². The van der Waals surface area contributed by atoms with E-state index in [0.29, 0.717) is 28.1 Å². The van der Waals surface area contributed by atoms with Crippen molar-refractivity contribution in [3.05, 3.63) is 75.3 Å². The molecule has 2 aliphatic heterocycles. The number of hydrogen-bond donors (Lipinski definition) is 1. The predicted octanol–water partition coefficient (Wildman–Crippen LogP) is 3.58. The second-order valence-corrected chi connectivity index (χ2v) is 9.50. The Balaban J connectivity index is 1.66. The number of benzene rings is 2. The molecule has 5 rings (SSSR count). The Morgan fingerprint density at radius 1 is 1.14 bits per heavy atom. The molecular formula is C25H21N3O6S. The minimum Gasteiger partial charge on any atom is -0.507 e. The number of ether oxygens (including phenoxy) is 2. The van der Waals surface area contributed by atoms with E-state index in [1.54, 1.807) is 49.4 Å². The number of methoxy groups -OCH3 is 1. The molecule has 0 spiro atoms. The molecule has 3 heterocycles. The highest BCUT2D eigenvalue weighted by molar-refractivity contribution is 7.15. The van der Waals surface area contributed by atoms with Crippen LogP contribution in [-0.2, 0) is 20.7 Å². The molecule has 2 unspecified atom stereocenters. The summed E-state index contributed by atoms with van der Waals surface area (Å²) in [6.07, 6.45) is 0.690. The average molecular weight is 492 g/mol. The molecule has 178 valence electrons. The quantitative estimate of drug-likeness (QED) is 0.255. The number of nitrogens with zero attached hydrogens (tertiary/aromatic N) is 3. The van der Waals surface area contributed by atoms with Crippen molar-refractivity contribution in [2.24, 2.45) is 0 Å². The number of anilines is 1. The van der Waals surface area contributed by atoms with E-state index in [9.17, 15) is 19.5 Å². The van der Waals surface area contributed by atoms with E-state index in [0.717, 1.165) is 22.6 Å². The lowest BCUT2D eigenvalue weighted by Gasteiger charge is -2.22. The van der Waals surface area contributed by atoms with Crippen molar-refractivity contribution in [1.29, 1.82) is 0 Å². The minimum atomic E-state index is -0.961. The third kappa shape index (κ3) is 3.85. The highest BCUT2D eigenvalue weighted by atomic mass is 32.1. The second kappa shape index (κ2) is 8.62. The number of hydrogen-bond acceptors (Lipinski definition) is 9. The lowest BCUT2D eigenvalue weighted by molar-refractivity contribution is -0.132. The van der Waals surface area contributed by atoms with Crippen molar-refractivity contribution in [1.82, 2.24) is 10.2 Å². The average Bonchev–Trinajstić information content (AvgIpc) is 3.52. The summed E-state index contributed by atoms with van der Waals surface area (Å²) < 4.78 is 10.5. The molecule has 2 aliphatic rings. The van der Waals surface area contributed by atoms with E-state index in [1.807, 2.05) is 6.92 Å². The number of esters is 1. The molecule has 2 atom stereocenters. The summed E-state index contributed by atoms with van der Waals surface area (Å²) in [6.45, 7) is 3.69. The number of aliphatic hydroxyl groups is 1. The molecule has 1 amide bonds. The smallest absolute Gasteiger partial charge is 0.337 e. The zero-order chi connectivity index (χ0) is 24.9. The molecule has 0 aliphatic carbocycles. The number of carbonyl (C=O) groups is 3. The summed E-state index contributed by atoms with van der Waals surface area (Å²) in [5.74, 6) is -1.73. The zero-order valence-electron chi connectivity index (χ0n) is 19.1. The number of amides is 1. The maximum absolute atomic E-state index is 13.3. The lowest BCUT2D eigenvalue weighted by Crippen LogP contribution is -2.29. The van der Waals surface area contributed by atoms with E-state index in [1.165, 1.54) is 12.0 Å². The number of Topliss-reactive ketones (excluding diaryl/α,β-unsaturated/α-hetero) is 1. The normalized spacial score (nSPS) is 20.6. The summed E-state index contributed by atoms with van der Waals surface area (Å²) in [6, 6.07) is 10.5. The summed E-state index contributed by atoms with van der Waals surface area (Å²) >= 11 is 1.16. The Kier molecular flexibility index (Phi) is 5.60. The monoisotopic (exact) mass is 491 g/mol. The highest BCUT2D eigenvalue weighted by Crippen LogP contribution is 2.43. The maximum Gasteiger partial charge on any atom is 0.337 e. The van der Waals surface area contributed by atoms with Gasteiger partial charge in [0.25, 0.3) is 5.78 Å². The fraction of sp³-hybridized carbons (Fsp3) is 0.240. The van der Waals surface area contributed by atoms with Crippen LogP contribution in [0.1, 0.15) is 45.0 Å². The van der Waals surface area contributed by atoms with Crippen LogP contribution in [0.5, 0.6) is 5.75 Å². The number of aliphatic hydroxyl groups excluding tert-OH is 1. The largest absolute Gasteiger partial charge is 0.507 e. The summed E-state index contributed by atoms with van der Waals surface area (Å²) in [4.78, 5) is 39.6. The molecule has 10 heteroatoms. The van der Waals surface area contributed by atoms with Crippen LogP contribution < -0.4 is 9.64 Å². The summed E-state index contributed by atoms with van der Waals surface area (Å²) in [5.41, 5.74) is 2.08. The molecular weight excluding hydrogens is 470 g/mol. The predicted molar refractivity (Wildman–Crippen MR) is 127 cm³/mol. The standard InChI is InChI=1S/C25H21N3O6S/c1-12-10-17-11-16(8-9-18(17)34-12)21(29)19-20(14-4-6-15(7-5-14)24(32)33-3)28(23(31)22(19)30)25-27-26-13(2)35-25/h4-9,11-12,20,29H,10H2,1-3H3/b21-19-. The molecule has 0 radical (unpaired) electrons. The van der Waals surface area contributed by atoms with Gasteiger partial charge in [-0.05, 0) is 55.3 Å². The topological polar surface area (TPSA) is 119 Å². The lowest BCUT2D eigenvalue weighted by atomic mass is 9.94. The first-order valence-electron chi connectivity index (χ1n) is 10.9. The SMILES string of the molecule is COC(=O)c1ccc(C2/C(=C(/O)c3ccc4c(c3)CC(C)O4)C(=O)C(=O)N2c2nnc(C)s2)cc1. The van der Waals surface area contributed by atoms with Crippen molar-refractivity contribution < 1.29 is 29.0 Å². The van der Waals surface area contributed by atoms with Crippen LogP contribution in [0.3, 0.4) is 0 Å². The van der Waals surface area contributed by atoms with Gasteiger partial charge < -0.3 is 14.6 Å². The van der Waals surface area contributed by atoms with Gasteiger partial charge in [-0.3, -0.25) is 14.5 Å². The fourth-order valence-electron chi connectivity index (χ4n) is 4.37. The van der Waals surface area contributed by atoms with Crippen molar-refractivity contribution in [3.8, 4) is 5.75 Å². The number of rotatable bonds is 4. The number of aromatic nitrogens is 2. The molecule has 1 N–H and O–H groups in total. The van der Waals surface area contributed by atoms with Gasteiger partial charge in [0.15, 0.2) is 0 Å². The first-order chi connectivity index (χ1) is 16.8. The molecule has 1 fully saturated rings. The molecule has 1 saturated heterocycles. The van der Waals surface area contributed by atoms with Crippen molar-refractivity contribution in [2.45, 2.75) is 32.4 Å².